The van der Waals surface area contributed by atoms with Gasteiger partial charge in [-0.15, -0.1) is 0 Å². The summed E-state index contributed by atoms with van der Waals surface area (Å²) in [6.45, 7) is 5.19. The van der Waals surface area contributed by atoms with E-state index in [9.17, 15) is 23.2 Å². The zero-order chi connectivity index (χ0) is 27.4. The zero-order valence-electron chi connectivity index (χ0n) is 21.4. The van der Waals surface area contributed by atoms with E-state index in [4.69, 9.17) is 4.74 Å². The summed E-state index contributed by atoms with van der Waals surface area (Å²) in [6.07, 6.45) is 0.976. The highest BCUT2D eigenvalue weighted by atomic mass is 19.1. The van der Waals surface area contributed by atoms with Gasteiger partial charge in [0.2, 0.25) is 0 Å². The average molecular weight is 530 g/mol. The van der Waals surface area contributed by atoms with Crippen LogP contribution in [0.1, 0.15) is 56.4 Å². The first-order valence-electron chi connectivity index (χ1n) is 12.3. The number of anilines is 3. The van der Waals surface area contributed by atoms with Crippen LogP contribution in [0.2, 0.25) is 0 Å². The minimum Gasteiger partial charge on any atom is -0.443 e. The molecule has 2 fully saturated rings. The highest BCUT2D eigenvalue weighted by Gasteiger charge is 2.39. The SMILES string of the molecule is CN(C(=O)OC(C)(C)C)c1cc(Nc2cccn([C@H]3C[C@H](F)C3)c2=O)nc2c(C(=O)N[C@@H]3C[C@@H]3F)cnn12. The number of nitrogens with one attached hydrogen (secondary N) is 2. The molecule has 2 N–H and O–H groups in total. The van der Waals surface area contributed by atoms with Gasteiger partial charge in [0.05, 0.1) is 12.2 Å². The Labute approximate surface area is 216 Å². The van der Waals surface area contributed by atoms with E-state index >= 15 is 0 Å². The number of pyridine rings is 1. The minimum absolute atomic E-state index is 0.0699. The first-order chi connectivity index (χ1) is 17.9. The van der Waals surface area contributed by atoms with E-state index in [1.54, 1.807) is 39.1 Å². The Morgan fingerprint density at radius 2 is 1.92 bits per heavy atom. The van der Waals surface area contributed by atoms with Crippen LogP contribution in [0.3, 0.4) is 0 Å². The molecule has 0 spiro atoms. The Bertz CT molecular complexity index is 1460. The summed E-state index contributed by atoms with van der Waals surface area (Å²) in [6, 6.07) is 3.92. The van der Waals surface area contributed by atoms with Crippen molar-refractivity contribution in [2.24, 2.45) is 0 Å². The first kappa shape index (κ1) is 25.6. The predicted octanol–water partition coefficient (Wildman–Crippen LogP) is 3.52. The number of hydrogen-bond donors (Lipinski definition) is 2. The highest BCUT2D eigenvalue weighted by Crippen LogP contribution is 2.34. The van der Waals surface area contributed by atoms with Crippen molar-refractivity contribution in [2.75, 3.05) is 17.3 Å². The molecule has 3 aromatic rings. The number of alkyl halides is 2. The number of halogens is 2. The van der Waals surface area contributed by atoms with Crippen molar-refractivity contribution in [2.45, 2.75) is 70.1 Å². The fourth-order valence-electron chi connectivity index (χ4n) is 4.17. The highest BCUT2D eigenvalue weighted by molar-refractivity contribution is 6.01. The number of amides is 2. The fourth-order valence-corrected chi connectivity index (χ4v) is 4.17. The standard InChI is InChI=1S/C25H29F2N7O4/c1-25(2,3)38-24(37)32(4)20-11-19(29-17-6-5-7-33(23(17)36)14-8-13(26)9-14)31-21-15(12-28-34(20)21)22(35)30-18-10-16(18)27/h5-7,11-14,16,18H,8-10H2,1-4H3,(H,29,31)(H,30,35)/t13-,14-,16-,18+/m0/s1. The van der Waals surface area contributed by atoms with Gasteiger partial charge in [-0.25, -0.2) is 18.6 Å². The smallest absolute Gasteiger partial charge is 0.415 e. The molecule has 2 atom stereocenters. The van der Waals surface area contributed by atoms with E-state index in [0.29, 0.717) is 0 Å². The maximum Gasteiger partial charge on any atom is 0.415 e. The molecule has 0 aromatic carbocycles. The van der Waals surface area contributed by atoms with E-state index in [0.717, 1.165) is 0 Å². The lowest BCUT2D eigenvalue weighted by atomic mass is 9.90. The van der Waals surface area contributed by atoms with Gasteiger partial charge in [0, 0.05) is 31.8 Å². The lowest BCUT2D eigenvalue weighted by Gasteiger charge is -2.31. The molecule has 0 aliphatic heterocycles. The molecule has 0 bridgehead atoms. The quantitative estimate of drug-likeness (QED) is 0.501. The van der Waals surface area contributed by atoms with Crippen LogP contribution < -0.4 is 21.1 Å². The van der Waals surface area contributed by atoms with Crippen LogP contribution in [-0.2, 0) is 4.74 Å². The van der Waals surface area contributed by atoms with Gasteiger partial charge in [0.15, 0.2) is 5.65 Å². The molecule has 2 amide bonds. The number of carbonyl (C=O) groups is 2. The maximum absolute atomic E-state index is 13.4. The van der Waals surface area contributed by atoms with Crippen molar-refractivity contribution >= 4 is 35.0 Å². The van der Waals surface area contributed by atoms with Crippen LogP contribution in [0.4, 0.5) is 30.9 Å². The van der Waals surface area contributed by atoms with E-state index in [1.807, 2.05) is 0 Å². The predicted molar refractivity (Wildman–Crippen MR) is 136 cm³/mol. The van der Waals surface area contributed by atoms with Crippen LogP contribution in [0.25, 0.3) is 5.65 Å². The third-order valence-electron chi connectivity index (χ3n) is 6.42. The Hall–Kier alpha value is -4.03. The van der Waals surface area contributed by atoms with Gasteiger partial charge in [-0.2, -0.15) is 9.61 Å². The van der Waals surface area contributed by atoms with Gasteiger partial charge >= 0.3 is 6.09 Å². The molecule has 202 valence electrons. The number of aromatic nitrogens is 4. The number of carbonyl (C=O) groups excluding carboxylic acids is 2. The van der Waals surface area contributed by atoms with Crippen molar-refractivity contribution in [3.05, 3.63) is 46.5 Å². The van der Waals surface area contributed by atoms with Gasteiger partial charge in [-0.05, 0) is 45.7 Å². The molecular formula is C25H29F2N7O4. The maximum atomic E-state index is 13.4. The lowest BCUT2D eigenvalue weighted by molar-refractivity contribution is 0.0587. The number of rotatable bonds is 6. The van der Waals surface area contributed by atoms with Gasteiger partial charge in [0.1, 0.15) is 40.8 Å². The summed E-state index contributed by atoms with van der Waals surface area (Å²) < 4.78 is 35.0. The van der Waals surface area contributed by atoms with Crippen molar-refractivity contribution in [3.63, 3.8) is 0 Å². The molecule has 2 aliphatic carbocycles. The molecule has 38 heavy (non-hydrogen) atoms. The van der Waals surface area contributed by atoms with Crippen molar-refractivity contribution < 1.29 is 23.1 Å². The van der Waals surface area contributed by atoms with Gasteiger partial charge in [-0.3, -0.25) is 14.5 Å². The fraction of sp³-hybridized carbons (Fsp3) is 0.480. The van der Waals surface area contributed by atoms with Crippen LogP contribution >= 0.6 is 0 Å². The van der Waals surface area contributed by atoms with Crippen LogP contribution in [0.5, 0.6) is 0 Å². The third-order valence-corrected chi connectivity index (χ3v) is 6.42. The molecular weight excluding hydrogens is 500 g/mol. The Morgan fingerprint density at radius 1 is 1.21 bits per heavy atom. The average Bonchev–Trinajstić information content (AvgIpc) is 3.33. The lowest BCUT2D eigenvalue weighted by Crippen LogP contribution is -2.35. The molecule has 0 radical (unpaired) electrons. The summed E-state index contributed by atoms with van der Waals surface area (Å²) >= 11 is 0. The summed E-state index contributed by atoms with van der Waals surface area (Å²) in [5.74, 6) is -0.205. The molecule has 2 aliphatic rings. The summed E-state index contributed by atoms with van der Waals surface area (Å²) in [5.41, 5.74) is -0.787. The van der Waals surface area contributed by atoms with Crippen LogP contribution in [0.15, 0.2) is 35.4 Å². The number of ether oxygens (including phenoxy) is 1. The third kappa shape index (κ3) is 5.04. The Kier molecular flexibility index (Phi) is 6.32. The Balaban J connectivity index is 1.54. The number of nitrogens with zero attached hydrogens (tertiary/aromatic N) is 5. The van der Waals surface area contributed by atoms with Crippen molar-refractivity contribution in [1.82, 2.24) is 24.5 Å². The second-order valence-corrected chi connectivity index (χ2v) is 10.6. The normalized spacial score (nSPS) is 22.5. The van der Waals surface area contributed by atoms with Crippen molar-refractivity contribution in [3.8, 4) is 0 Å². The molecule has 2 saturated carbocycles. The first-order valence-corrected chi connectivity index (χ1v) is 12.3. The summed E-state index contributed by atoms with van der Waals surface area (Å²) in [4.78, 5) is 44.5. The van der Waals surface area contributed by atoms with E-state index in [2.05, 4.69) is 20.7 Å². The summed E-state index contributed by atoms with van der Waals surface area (Å²) in [7, 11) is 1.48. The van der Waals surface area contributed by atoms with E-state index < -0.39 is 36.0 Å². The molecule has 0 saturated heterocycles. The number of fused-ring (bicyclic) bond motifs is 1. The van der Waals surface area contributed by atoms with Crippen LogP contribution in [-0.4, -0.2) is 62.2 Å². The zero-order valence-corrected chi connectivity index (χ0v) is 21.4. The number of hydrogen-bond acceptors (Lipinski definition) is 7. The van der Waals surface area contributed by atoms with Gasteiger partial charge in [-0.1, -0.05) is 0 Å². The monoisotopic (exact) mass is 529 g/mol. The largest absolute Gasteiger partial charge is 0.443 e. The van der Waals surface area contributed by atoms with Gasteiger partial charge < -0.3 is 19.9 Å². The molecule has 11 nitrogen and oxygen atoms in total. The molecule has 0 unspecified atom stereocenters. The van der Waals surface area contributed by atoms with Crippen LogP contribution in [0, 0.1) is 0 Å². The van der Waals surface area contributed by atoms with Crippen molar-refractivity contribution in [1.29, 1.82) is 0 Å². The van der Waals surface area contributed by atoms with E-state index in [-0.39, 0.29) is 59.4 Å². The van der Waals surface area contributed by atoms with Gasteiger partial charge in [0.25, 0.3) is 11.5 Å². The second kappa shape index (κ2) is 9.37. The van der Waals surface area contributed by atoms with E-state index in [1.165, 1.54) is 33.3 Å². The second-order valence-electron chi connectivity index (χ2n) is 10.6. The molecule has 5 rings (SSSR count). The summed E-state index contributed by atoms with van der Waals surface area (Å²) in [5, 5.41) is 9.80. The topological polar surface area (TPSA) is 123 Å². The molecule has 3 heterocycles. The molecule has 13 heteroatoms. The Morgan fingerprint density at radius 3 is 2.55 bits per heavy atom. The minimum atomic E-state index is -1.09. The molecule has 3 aromatic heterocycles.